The standard InChI is InChI=1S/C18H18FN3O2S2/c1-13-11-15(19)4-5-17(13)26(23,24)21-8-2-3-18-22-16(12-25-18)14-6-9-20-10-7-14/h4-7,9-12,21H,2-3,8H2,1H3. The van der Waals surface area contributed by atoms with Crippen molar-refractivity contribution in [3.8, 4) is 11.3 Å². The molecule has 0 bridgehead atoms. The van der Waals surface area contributed by atoms with Gasteiger partial charge in [-0.3, -0.25) is 4.98 Å². The normalized spacial score (nSPS) is 11.6. The number of nitrogens with zero attached hydrogens (tertiary/aromatic N) is 2. The number of aryl methyl sites for hydroxylation is 2. The Balaban J connectivity index is 1.55. The summed E-state index contributed by atoms with van der Waals surface area (Å²) in [5, 5.41) is 2.94. The van der Waals surface area contributed by atoms with Gasteiger partial charge in [-0.2, -0.15) is 0 Å². The number of aromatic nitrogens is 2. The van der Waals surface area contributed by atoms with Crippen molar-refractivity contribution in [2.24, 2.45) is 0 Å². The molecule has 2 heterocycles. The summed E-state index contributed by atoms with van der Waals surface area (Å²) in [5.74, 6) is -0.449. The monoisotopic (exact) mass is 391 g/mol. The van der Waals surface area contributed by atoms with Crippen LogP contribution in [-0.4, -0.2) is 24.9 Å². The third-order valence-corrected chi connectivity index (χ3v) is 6.34. The fraction of sp³-hybridized carbons (Fsp3) is 0.222. The summed E-state index contributed by atoms with van der Waals surface area (Å²) in [7, 11) is -3.64. The summed E-state index contributed by atoms with van der Waals surface area (Å²) >= 11 is 1.55. The largest absolute Gasteiger partial charge is 0.265 e. The fourth-order valence-corrected chi connectivity index (χ4v) is 4.67. The van der Waals surface area contributed by atoms with Gasteiger partial charge in [-0.05, 0) is 49.2 Å². The van der Waals surface area contributed by atoms with Crippen LogP contribution in [0.5, 0.6) is 0 Å². The maximum atomic E-state index is 13.1. The highest BCUT2D eigenvalue weighted by atomic mass is 32.2. The van der Waals surface area contributed by atoms with Crippen LogP contribution in [-0.2, 0) is 16.4 Å². The molecule has 3 rings (SSSR count). The fourth-order valence-electron chi connectivity index (χ4n) is 2.52. The first-order valence-electron chi connectivity index (χ1n) is 8.06. The second-order valence-corrected chi connectivity index (χ2v) is 8.45. The number of pyridine rings is 1. The number of nitrogens with one attached hydrogen (secondary N) is 1. The molecule has 0 radical (unpaired) electrons. The van der Waals surface area contributed by atoms with Crippen molar-refractivity contribution < 1.29 is 12.8 Å². The first-order valence-corrected chi connectivity index (χ1v) is 10.4. The third-order valence-electron chi connectivity index (χ3n) is 3.81. The van der Waals surface area contributed by atoms with Gasteiger partial charge in [0.25, 0.3) is 0 Å². The van der Waals surface area contributed by atoms with Crippen molar-refractivity contribution in [2.75, 3.05) is 6.54 Å². The van der Waals surface area contributed by atoms with Gasteiger partial charge in [0.05, 0.1) is 15.6 Å². The molecule has 136 valence electrons. The van der Waals surface area contributed by atoms with Crippen LogP contribution in [0.2, 0.25) is 0 Å². The quantitative estimate of drug-likeness (QED) is 0.625. The molecule has 0 amide bonds. The Hall–Kier alpha value is -2.16. The molecule has 0 saturated carbocycles. The zero-order chi connectivity index (χ0) is 18.6. The molecule has 26 heavy (non-hydrogen) atoms. The number of benzene rings is 1. The number of sulfonamides is 1. The van der Waals surface area contributed by atoms with E-state index in [1.165, 1.54) is 12.1 Å². The van der Waals surface area contributed by atoms with Crippen LogP contribution in [0.15, 0.2) is 53.0 Å². The summed E-state index contributed by atoms with van der Waals surface area (Å²) in [6.45, 7) is 1.87. The van der Waals surface area contributed by atoms with Crippen molar-refractivity contribution in [1.29, 1.82) is 0 Å². The van der Waals surface area contributed by atoms with Crippen LogP contribution in [0.4, 0.5) is 4.39 Å². The average molecular weight is 391 g/mol. The summed E-state index contributed by atoms with van der Waals surface area (Å²) in [6.07, 6.45) is 4.75. The van der Waals surface area contributed by atoms with Gasteiger partial charge in [0.1, 0.15) is 5.82 Å². The number of thiazole rings is 1. The van der Waals surface area contributed by atoms with E-state index in [1.54, 1.807) is 30.7 Å². The van der Waals surface area contributed by atoms with Gasteiger partial charge in [-0.25, -0.2) is 22.5 Å². The maximum Gasteiger partial charge on any atom is 0.240 e. The molecule has 0 fully saturated rings. The first-order chi connectivity index (χ1) is 12.5. The lowest BCUT2D eigenvalue weighted by atomic mass is 10.2. The lowest BCUT2D eigenvalue weighted by Gasteiger charge is -2.09. The molecule has 5 nitrogen and oxygen atoms in total. The number of hydrogen-bond donors (Lipinski definition) is 1. The van der Waals surface area contributed by atoms with Gasteiger partial charge in [0.15, 0.2) is 0 Å². The second kappa shape index (κ2) is 8.03. The summed E-state index contributed by atoms with van der Waals surface area (Å²) in [5.41, 5.74) is 2.30. The summed E-state index contributed by atoms with van der Waals surface area (Å²) in [6, 6.07) is 7.45. The highest BCUT2D eigenvalue weighted by Crippen LogP contribution is 2.22. The van der Waals surface area contributed by atoms with Crippen LogP contribution in [0.3, 0.4) is 0 Å². The molecule has 0 unspecified atom stereocenters. The van der Waals surface area contributed by atoms with Gasteiger partial charge in [-0.15, -0.1) is 11.3 Å². The number of halogens is 1. The predicted octanol–water partition coefficient (Wildman–Crippen LogP) is 3.56. The molecule has 1 aromatic carbocycles. The van der Waals surface area contributed by atoms with Crippen molar-refractivity contribution in [1.82, 2.24) is 14.7 Å². The topological polar surface area (TPSA) is 72.0 Å². The van der Waals surface area contributed by atoms with E-state index in [1.807, 2.05) is 17.5 Å². The minimum absolute atomic E-state index is 0.105. The van der Waals surface area contributed by atoms with Crippen LogP contribution in [0, 0.1) is 12.7 Å². The molecule has 3 aromatic rings. The first kappa shape index (κ1) is 18.6. The van der Waals surface area contributed by atoms with E-state index in [0.29, 0.717) is 24.9 Å². The van der Waals surface area contributed by atoms with E-state index in [4.69, 9.17) is 0 Å². The summed E-state index contributed by atoms with van der Waals surface area (Å²) in [4.78, 5) is 8.66. The Morgan fingerprint density at radius 3 is 2.69 bits per heavy atom. The molecule has 1 N–H and O–H groups in total. The van der Waals surface area contributed by atoms with Crippen molar-refractivity contribution in [3.63, 3.8) is 0 Å². The minimum Gasteiger partial charge on any atom is -0.265 e. The smallest absolute Gasteiger partial charge is 0.240 e. The highest BCUT2D eigenvalue weighted by Gasteiger charge is 2.16. The van der Waals surface area contributed by atoms with Crippen LogP contribution in [0.25, 0.3) is 11.3 Å². The molecule has 0 aliphatic rings. The van der Waals surface area contributed by atoms with E-state index in [9.17, 15) is 12.8 Å². The van der Waals surface area contributed by atoms with Gasteiger partial charge < -0.3 is 0 Å². The lowest BCUT2D eigenvalue weighted by Crippen LogP contribution is -2.25. The van der Waals surface area contributed by atoms with E-state index < -0.39 is 15.8 Å². The Bertz CT molecular complexity index is 989. The van der Waals surface area contributed by atoms with E-state index in [2.05, 4.69) is 14.7 Å². The molecule has 0 atom stereocenters. The Morgan fingerprint density at radius 2 is 1.96 bits per heavy atom. The molecular weight excluding hydrogens is 373 g/mol. The van der Waals surface area contributed by atoms with Crippen LogP contribution >= 0.6 is 11.3 Å². The number of rotatable bonds is 7. The molecule has 0 aliphatic carbocycles. The van der Waals surface area contributed by atoms with E-state index in [-0.39, 0.29) is 4.90 Å². The molecule has 0 saturated heterocycles. The van der Waals surface area contributed by atoms with Crippen LogP contribution < -0.4 is 4.72 Å². The lowest BCUT2D eigenvalue weighted by molar-refractivity contribution is 0.577. The molecule has 8 heteroatoms. The van der Waals surface area contributed by atoms with Gasteiger partial charge in [0.2, 0.25) is 10.0 Å². The van der Waals surface area contributed by atoms with E-state index >= 15 is 0 Å². The Morgan fingerprint density at radius 1 is 1.19 bits per heavy atom. The summed E-state index contributed by atoms with van der Waals surface area (Å²) < 4.78 is 40.3. The van der Waals surface area contributed by atoms with Gasteiger partial charge in [0, 0.05) is 36.3 Å². The maximum absolute atomic E-state index is 13.1. The molecule has 0 spiro atoms. The second-order valence-electron chi connectivity index (χ2n) is 5.77. The van der Waals surface area contributed by atoms with Gasteiger partial charge in [-0.1, -0.05) is 0 Å². The Kier molecular flexibility index (Phi) is 5.75. The van der Waals surface area contributed by atoms with Crippen molar-refractivity contribution in [3.05, 3.63) is 64.5 Å². The van der Waals surface area contributed by atoms with E-state index in [0.717, 1.165) is 22.3 Å². The number of hydrogen-bond acceptors (Lipinski definition) is 5. The zero-order valence-corrected chi connectivity index (χ0v) is 15.8. The van der Waals surface area contributed by atoms with Crippen molar-refractivity contribution in [2.45, 2.75) is 24.7 Å². The average Bonchev–Trinajstić information content (AvgIpc) is 3.08. The minimum atomic E-state index is -3.64. The molecular formula is C18H18FN3O2S2. The highest BCUT2D eigenvalue weighted by molar-refractivity contribution is 7.89. The molecule has 0 aliphatic heterocycles. The predicted molar refractivity (Wildman–Crippen MR) is 100.0 cm³/mol. The third kappa shape index (κ3) is 4.51. The van der Waals surface area contributed by atoms with Crippen molar-refractivity contribution >= 4 is 21.4 Å². The van der Waals surface area contributed by atoms with Crippen LogP contribution in [0.1, 0.15) is 17.0 Å². The van der Waals surface area contributed by atoms with Gasteiger partial charge >= 0.3 is 0 Å². The SMILES string of the molecule is Cc1cc(F)ccc1S(=O)(=O)NCCCc1nc(-c2ccncc2)cs1. The molecule has 2 aromatic heterocycles. The zero-order valence-electron chi connectivity index (χ0n) is 14.1. The Labute approximate surface area is 156 Å².